The quantitative estimate of drug-likeness (QED) is 0.457. The van der Waals surface area contributed by atoms with E-state index in [0.29, 0.717) is 29.6 Å². The van der Waals surface area contributed by atoms with Gasteiger partial charge in [-0.3, -0.25) is 4.79 Å². The Morgan fingerprint density at radius 3 is 2.33 bits per heavy atom. The normalized spacial score (nSPS) is 29.7. The molecule has 0 radical (unpaired) electrons. The summed E-state index contributed by atoms with van der Waals surface area (Å²) in [5, 5.41) is 6.82. The van der Waals surface area contributed by atoms with Crippen molar-refractivity contribution >= 4 is 18.7 Å². The number of amides is 1. The van der Waals surface area contributed by atoms with Gasteiger partial charge >= 0.3 is 7.12 Å². The second-order valence-corrected chi connectivity index (χ2v) is 12.3. The van der Waals surface area contributed by atoms with E-state index in [0.717, 1.165) is 24.1 Å². The zero-order valence-electron chi connectivity index (χ0n) is 22.4. The number of nitrogens with one attached hydrogen (secondary N) is 2. The van der Waals surface area contributed by atoms with E-state index in [1.54, 1.807) is 0 Å². The Bertz CT molecular complexity index is 1010. The average molecular weight is 488 g/mol. The van der Waals surface area contributed by atoms with Crippen LogP contribution in [0.3, 0.4) is 0 Å². The van der Waals surface area contributed by atoms with Gasteiger partial charge in [0.1, 0.15) is 6.04 Å². The summed E-state index contributed by atoms with van der Waals surface area (Å²) in [5.74, 6) is 1.38. The summed E-state index contributed by atoms with van der Waals surface area (Å²) in [5.41, 5.74) is 2.06. The molecular formula is C30H41BN2O3. The molecular weight excluding hydrogens is 447 g/mol. The van der Waals surface area contributed by atoms with Crippen LogP contribution in [-0.4, -0.2) is 36.7 Å². The van der Waals surface area contributed by atoms with Crippen molar-refractivity contribution in [1.29, 1.82) is 0 Å². The van der Waals surface area contributed by atoms with Gasteiger partial charge in [0.15, 0.2) is 0 Å². The molecule has 6 atom stereocenters. The van der Waals surface area contributed by atoms with Crippen LogP contribution in [0.1, 0.15) is 59.4 Å². The van der Waals surface area contributed by atoms with Crippen molar-refractivity contribution in [3.8, 4) is 0 Å². The summed E-state index contributed by atoms with van der Waals surface area (Å²) < 4.78 is 13.3. The fourth-order valence-electron chi connectivity index (χ4n) is 6.89. The smallest absolute Gasteiger partial charge is 0.404 e. The van der Waals surface area contributed by atoms with Crippen LogP contribution in [-0.2, 0) is 20.5 Å². The van der Waals surface area contributed by atoms with E-state index in [9.17, 15) is 4.79 Å². The highest BCUT2D eigenvalue weighted by Gasteiger charge is 2.68. The predicted octanol–water partition coefficient (Wildman–Crippen LogP) is 5.51. The second-order valence-electron chi connectivity index (χ2n) is 12.3. The van der Waals surface area contributed by atoms with Crippen molar-refractivity contribution in [2.75, 3.05) is 5.32 Å². The standard InChI is InChI=1S/C30H41BN2O3/c1-20(2)16-27(31-35-26-19-22-18-25(29(22,3)4)30(26,5)36-31)33-28(34)24(17-21-12-8-6-9-13-21)32-23-14-10-7-11-15-23/h6-15,20,22,24-27,32H,16-19H2,1-5H3,(H,33,34)/t22-,24-,25-,26+,27-,30-/m0/s1. The number of anilines is 1. The predicted molar refractivity (Wildman–Crippen MR) is 145 cm³/mol. The molecule has 4 fully saturated rings. The molecule has 6 rings (SSSR count). The molecule has 1 saturated heterocycles. The summed E-state index contributed by atoms with van der Waals surface area (Å²) in [6.07, 6.45) is 3.77. The topological polar surface area (TPSA) is 59.6 Å². The van der Waals surface area contributed by atoms with E-state index in [1.165, 1.54) is 6.42 Å². The van der Waals surface area contributed by atoms with Crippen molar-refractivity contribution in [2.24, 2.45) is 23.2 Å². The van der Waals surface area contributed by atoms with Gasteiger partial charge in [-0.25, -0.2) is 0 Å². The molecule has 3 aliphatic carbocycles. The fourth-order valence-corrected chi connectivity index (χ4v) is 6.89. The first kappa shape index (κ1) is 25.3. The van der Waals surface area contributed by atoms with Gasteiger partial charge in [-0.15, -0.1) is 0 Å². The lowest BCUT2D eigenvalue weighted by atomic mass is 9.43. The van der Waals surface area contributed by atoms with Crippen LogP contribution in [0.5, 0.6) is 0 Å². The third kappa shape index (κ3) is 4.82. The maximum atomic E-state index is 13.8. The van der Waals surface area contributed by atoms with Crippen molar-refractivity contribution in [3.05, 3.63) is 66.2 Å². The molecule has 2 bridgehead atoms. The van der Waals surface area contributed by atoms with Gasteiger partial charge in [-0.05, 0) is 67.1 Å². The second kappa shape index (κ2) is 9.87. The number of carbonyl (C=O) groups is 1. The molecule has 0 spiro atoms. The first-order valence-electron chi connectivity index (χ1n) is 13.7. The highest BCUT2D eigenvalue weighted by atomic mass is 16.7. The maximum absolute atomic E-state index is 13.8. The highest BCUT2D eigenvalue weighted by Crippen LogP contribution is 2.65. The Hall–Kier alpha value is -2.31. The summed E-state index contributed by atoms with van der Waals surface area (Å²) in [6.45, 7) is 11.4. The van der Waals surface area contributed by atoms with Crippen LogP contribution in [0.4, 0.5) is 5.69 Å². The molecule has 6 heteroatoms. The molecule has 2 aromatic rings. The first-order chi connectivity index (χ1) is 17.2. The van der Waals surface area contributed by atoms with Crippen LogP contribution in [0, 0.1) is 23.2 Å². The van der Waals surface area contributed by atoms with E-state index < -0.39 is 13.2 Å². The molecule has 0 aromatic heterocycles. The van der Waals surface area contributed by atoms with Crippen molar-refractivity contribution in [3.63, 3.8) is 0 Å². The number of rotatable bonds is 9. The van der Waals surface area contributed by atoms with E-state index in [-0.39, 0.29) is 23.6 Å². The van der Waals surface area contributed by atoms with Gasteiger partial charge in [0.2, 0.25) is 5.91 Å². The van der Waals surface area contributed by atoms with E-state index in [4.69, 9.17) is 9.31 Å². The molecule has 1 amide bonds. The van der Waals surface area contributed by atoms with Crippen molar-refractivity contribution in [2.45, 2.75) is 84.0 Å². The first-order valence-corrected chi connectivity index (χ1v) is 13.7. The number of para-hydroxylation sites is 1. The van der Waals surface area contributed by atoms with Gasteiger partial charge in [0, 0.05) is 12.1 Å². The minimum Gasteiger partial charge on any atom is -0.404 e. The van der Waals surface area contributed by atoms with E-state index >= 15 is 0 Å². The molecule has 1 heterocycles. The molecule has 2 aromatic carbocycles. The van der Waals surface area contributed by atoms with Crippen molar-refractivity contribution < 1.29 is 14.1 Å². The van der Waals surface area contributed by atoms with Crippen LogP contribution in [0.25, 0.3) is 0 Å². The summed E-state index contributed by atoms with van der Waals surface area (Å²) in [7, 11) is -0.421. The molecule has 4 aliphatic rings. The summed E-state index contributed by atoms with van der Waals surface area (Å²) >= 11 is 0. The third-order valence-corrected chi connectivity index (χ3v) is 9.06. The number of carbonyl (C=O) groups excluding carboxylic acids is 1. The lowest BCUT2D eigenvalue weighted by Crippen LogP contribution is -2.65. The van der Waals surface area contributed by atoms with Gasteiger partial charge in [0.05, 0.1) is 17.6 Å². The van der Waals surface area contributed by atoms with Crippen LogP contribution >= 0.6 is 0 Å². The van der Waals surface area contributed by atoms with Crippen LogP contribution < -0.4 is 10.6 Å². The van der Waals surface area contributed by atoms with Crippen LogP contribution in [0.15, 0.2) is 60.7 Å². The molecule has 1 aliphatic heterocycles. The Labute approximate surface area is 216 Å². The fraction of sp³-hybridized carbons (Fsp3) is 0.567. The Morgan fingerprint density at radius 1 is 1.03 bits per heavy atom. The number of hydrogen-bond acceptors (Lipinski definition) is 4. The Balaban J connectivity index is 1.34. The summed E-state index contributed by atoms with van der Waals surface area (Å²) in [4.78, 5) is 13.8. The third-order valence-electron chi connectivity index (χ3n) is 9.06. The largest absolute Gasteiger partial charge is 0.481 e. The zero-order chi connectivity index (χ0) is 25.5. The zero-order valence-corrected chi connectivity index (χ0v) is 22.4. The Morgan fingerprint density at radius 2 is 1.69 bits per heavy atom. The molecule has 5 nitrogen and oxygen atoms in total. The number of hydrogen-bond donors (Lipinski definition) is 2. The molecule has 36 heavy (non-hydrogen) atoms. The lowest BCUT2D eigenvalue weighted by Gasteiger charge is -2.64. The number of benzene rings is 2. The van der Waals surface area contributed by atoms with Gasteiger partial charge < -0.3 is 19.9 Å². The monoisotopic (exact) mass is 488 g/mol. The van der Waals surface area contributed by atoms with Gasteiger partial charge in [0.25, 0.3) is 0 Å². The van der Waals surface area contributed by atoms with Gasteiger partial charge in [-0.2, -0.15) is 0 Å². The maximum Gasteiger partial charge on any atom is 0.481 e. The van der Waals surface area contributed by atoms with E-state index in [2.05, 4.69) is 57.4 Å². The van der Waals surface area contributed by atoms with E-state index in [1.807, 2.05) is 48.5 Å². The summed E-state index contributed by atoms with van der Waals surface area (Å²) in [6, 6.07) is 19.7. The molecule has 2 N–H and O–H groups in total. The van der Waals surface area contributed by atoms with Crippen molar-refractivity contribution in [1.82, 2.24) is 5.32 Å². The highest BCUT2D eigenvalue weighted by molar-refractivity contribution is 6.48. The Kier molecular flexibility index (Phi) is 6.95. The average Bonchev–Trinajstić information content (AvgIpc) is 3.21. The molecule has 0 unspecified atom stereocenters. The van der Waals surface area contributed by atoms with Gasteiger partial charge in [-0.1, -0.05) is 76.2 Å². The van der Waals surface area contributed by atoms with Crippen LogP contribution in [0.2, 0.25) is 0 Å². The minimum absolute atomic E-state index is 0.0230. The SMILES string of the molecule is CC(C)C[C@H](NC(=O)[C@H](Cc1ccccc1)Nc1ccccc1)B1O[C@@H]2C[C@@H]3C[C@@H](C3(C)C)[C@]2(C)O1. The molecule has 192 valence electrons. The molecule has 3 saturated carbocycles. The lowest BCUT2D eigenvalue weighted by molar-refractivity contribution is -0.199. The minimum atomic E-state index is -0.421.